The first-order valence-corrected chi connectivity index (χ1v) is 5.73. The van der Waals surface area contributed by atoms with E-state index in [9.17, 15) is 0 Å². The molecule has 18 heavy (non-hydrogen) atoms. The van der Waals surface area contributed by atoms with Crippen LogP contribution in [0.3, 0.4) is 0 Å². The van der Waals surface area contributed by atoms with Gasteiger partial charge in [0.15, 0.2) is 0 Å². The van der Waals surface area contributed by atoms with Gasteiger partial charge >= 0.3 is 0 Å². The first-order chi connectivity index (χ1) is 8.63. The van der Waals surface area contributed by atoms with Crippen molar-refractivity contribution in [3.63, 3.8) is 0 Å². The molecule has 0 amide bonds. The van der Waals surface area contributed by atoms with Gasteiger partial charge in [-0.1, -0.05) is 13.8 Å². The second kappa shape index (κ2) is 5.00. The normalized spacial score (nSPS) is 10.7. The number of methoxy groups -OCH3 is 1. The zero-order valence-electron chi connectivity index (χ0n) is 10.7. The Bertz CT molecular complexity index is 554. The maximum Gasteiger partial charge on any atom is 0.137 e. The quantitative estimate of drug-likeness (QED) is 0.896. The van der Waals surface area contributed by atoms with Crippen molar-refractivity contribution in [3.8, 4) is 17.0 Å². The SMILES string of the molecule is COc1cncc(-c2ncnc(N)c2C(C)C)c1. The monoisotopic (exact) mass is 244 g/mol. The molecule has 2 aromatic rings. The van der Waals surface area contributed by atoms with Crippen LogP contribution in [-0.4, -0.2) is 22.1 Å². The van der Waals surface area contributed by atoms with E-state index >= 15 is 0 Å². The molecule has 94 valence electrons. The van der Waals surface area contributed by atoms with Crippen LogP contribution in [0.25, 0.3) is 11.3 Å². The maximum absolute atomic E-state index is 5.93. The summed E-state index contributed by atoms with van der Waals surface area (Å²) in [5.74, 6) is 1.45. The van der Waals surface area contributed by atoms with Crippen molar-refractivity contribution >= 4 is 5.82 Å². The highest BCUT2D eigenvalue weighted by molar-refractivity contribution is 5.68. The van der Waals surface area contributed by atoms with E-state index in [1.165, 1.54) is 6.33 Å². The lowest BCUT2D eigenvalue weighted by molar-refractivity contribution is 0.413. The van der Waals surface area contributed by atoms with Gasteiger partial charge in [-0.15, -0.1) is 0 Å². The molecule has 0 aromatic carbocycles. The standard InChI is InChI=1S/C13H16N4O/c1-8(2)11-12(16-7-17-13(11)14)9-4-10(18-3)6-15-5-9/h4-8H,1-3H3,(H2,14,16,17). The Morgan fingerprint density at radius 1 is 1.22 bits per heavy atom. The van der Waals surface area contributed by atoms with E-state index in [0.717, 1.165) is 16.8 Å². The summed E-state index contributed by atoms with van der Waals surface area (Å²) >= 11 is 0. The third kappa shape index (κ3) is 2.25. The van der Waals surface area contributed by atoms with Gasteiger partial charge in [-0.05, 0) is 12.0 Å². The molecule has 0 spiro atoms. The second-order valence-corrected chi connectivity index (χ2v) is 4.29. The third-order valence-electron chi connectivity index (χ3n) is 2.71. The van der Waals surface area contributed by atoms with Crippen molar-refractivity contribution in [3.05, 3.63) is 30.4 Å². The third-order valence-corrected chi connectivity index (χ3v) is 2.71. The summed E-state index contributed by atoms with van der Waals surface area (Å²) in [4.78, 5) is 12.5. The fraction of sp³-hybridized carbons (Fsp3) is 0.308. The van der Waals surface area contributed by atoms with Gasteiger partial charge in [0.2, 0.25) is 0 Å². The predicted molar refractivity (Wildman–Crippen MR) is 70.3 cm³/mol. The summed E-state index contributed by atoms with van der Waals surface area (Å²) < 4.78 is 5.17. The highest BCUT2D eigenvalue weighted by atomic mass is 16.5. The van der Waals surface area contributed by atoms with Gasteiger partial charge < -0.3 is 10.5 Å². The van der Waals surface area contributed by atoms with Gasteiger partial charge in [0.05, 0.1) is 19.0 Å². The summed E-state index contributed by atoms with van der Waals surface area (Å²) in [5.41, 5.74) is 8.56. The fourth-order valence-corrected chi connectivity index (χ4v) is 1.87. The van der Waals surface area contributed by atoms with Crippen molar-refractivity contribution in [1.29, 1.82) is 0 Å². The van der Waals surface area contributed by atoms with Crippen molar-refractivity contribution in [2.45, 2.75) is 19.8 Å². The molecule has 0 aliphatic carbocycles. The van der Waals surface area contributed by atoms with E-state index in [0.29, 0.717) is 11.6 Å². The molecule has 0 atom stereocenters. The molecule has 2 N–H and O–H groups in total. The average molecular weight is 244 g/mol. The fourth-order valence-electron chi connectivity index (χ4n) is 1.87. The van der Waals surface area contributed by atoms with Crippen LogP contribution < -0.4 is 10.5 Å². The molecule has 2 rings (SSSR count). The summed E-state index contributed by atoms with van der Waals surface area (Å²) in [5, 5.41) is 0. The molecule has 5 nitrogen and oxygen atoms in total. The topological polar surface area (TPSA) is 73.9 Å². The van der Waals surface area contributed by atoms with Crippen molar-refractivity contribution in [2.75, 3.05) is 12.8 Å². The van der Waals surface area contributed by atoms with Crippen LogP contribution in [0.2, 0.25) is 0 Å². The number of nitrogens with zero attached hydrogens (tertiary/aromatic N) is 3. The number of anilines is 1. The summed E-state index contributed by atoms with van der Waals surface area (Å²) in [6.07, 6.45) is 4.87. The zero-order chi connectivity index (χ0) is 13.1. The van der Waals surface area contributed by atoms with E-state index < -0.39 is 0 Å². The molecule has 2 aromatic heterocycles. The molecule has 0 saturated heterocycles. The second-order valence-electron chi connectivity index (χ2n) is 4.29. The molecular weight excluding hydrogens is 228 g/mol. The van der Waals surface area contributed by atoms with Crippen LogP contribution in [-0.2, 0) is 0 Å². The lowest BCUT2D eigenvalue weighted by Crippen LogP contribution is -2.04. The van der Waals surface area contributed by atoms with E-state index in [1.54, 1.807) is 19.5 Å². The smallest absolute Gasteiger partial charge is 0.137 e. The summed E-state index contributed by atoms with van der Waals surface area (Å²) in [7, 11) is 1.61. The molecule has 0 bridgehead atoms. The first-order valence-electron chi connectivity index (χ1n) is 5.73. The van der Waals surface area contributed by atoms with Crippen LogP contribution >= 0.6 is 0 Å². The van der Waals surface area contributed by atoms with E-state index in [2.05, 4.69) is 28.8 Å². The van der Waals surface area contributed by atoms with E-state index in [4.69, 9.17) is 10.5 Å². The minimum atomic E-state index is 0.243. The van der Waals surface area contributed by atoms with Crippen molar-refractivity contribution in [1.82, 2.24) is 15.0 Å². The average Bonchev–Trinajstić information content (AvgIpc) is 2.38. The Morgan fingerprint density at radius 2 is 2.00 bits per heavy atom. The molecule has 0 unspecified atom stereocenters. The number of rotatable bonds is 3. The van der Waals surface area contributed by atoms with Gasteiger partial charge in [0.1, 0.15) is 17.9 Å². The number of hydrogen-bond acceptors (Lipinski definition) is 5. The van der Waals surface area contributed by atoms with Crippen molar-refractivity contribution in [2.24, 2.45) is 0 Å². The number of nitrogens with two attached hydrogens (primary N) is 1. The highest BCUT2D eigenvalue weighted by Gasteiger charge is 2.15. The van der Waals surface area contributed by atoms with Crippen molar-refractivity contribution < 1.29 is 4.74 Å². The molecule has 0 fully saturated rings. The number of nitrogen functional groups attached to an aromatic ring is 1. The van der Waals surface area contributed by atoms with Crippen LogP contribution in [0.4, 0.5) is 5.82 Å². The maximum atomic E-state index is 5.93. The largest absolute Gasteiger partial charge is 0.495 e. The highest BCUT2D eigenvalue weighted by Crippen LogP contribution is 2.31. The van der Waals surface area contributed by atoms with Gasteiger partial charge in [0.25, 0.3) is 0 Å². The van der Waals surface area contributed by atoms with Crippen LogP contribution in [0, 0.1) is 0 Å². The van der Waals surface area contributed by atoms with E-state index in [1.807, 2.05) is 6.07 Å². The molecule has 0 saturated carbocycles. The molecule has 5 heteroatoms. The molecular formula is C13H16N4O. The first kappa shape index (κ1) is 12.3. The Morgan fingerprint density at radius 3 is 2.67 bits per heavy atom. The van der Waals surface area contributed by atoms with Gasteiger partial charge in [-0.2, -0.15) is 0 Å². The van der Waals surface area contributed by atoms with E-state index in [-0.39, 0.29) is 5.92 Å². The molecule has 0 aliphatic heterocycles. The van der Waals surface area contributed by atoms with Crippen LogP contribution in [0.15, 0.2) is 24.8 Å². The Balaban J connectivity index is 2.59. The number of aromatic nitrogens is 3. The molecule has 2 heterocycles. The lowest BCUT2D eigenvalue weighted by atomic mass is 9.98. The summed E-state index contributed by atoms with van der Waals surface area (Å²) in [6, 6.07) is 1.89. The number of ether oxygens (including phenoxy) is 1. The lowest BCUT2D eigenvalue weighted by Gasteiger charge is -2.13. The number of pyridine rings is 1. The van der Waals surface area contributed by atoms with Crippen LogP contribution in [0.5, 0.6) is 5.75 Å². The van der Waals surface area contributed by atoms with Gasteiger partial charge in [0, 0.05) is 17.3 Å². The minimum absolute atomic E-state index is 0.243. The van der Waals surface area contributed by atoms with Crippen LogP contribution in [0.1, 0.15) is 25.3 Å². The zero-order valence-corrected chi connectivity index (χ0v) is 10.7. The predicted octanol–water partition coefficient (Wildman–Crippen LogP) is 2.25. The molecule has 0 radical (unpaired) electrons. The minimum Gasteiger partial charge on any atom is -0.495 e. The number of hydrogen-bond donors (Lipinski definition) is 1. The molecule has 0 aliphatic rings. The van der Waals surface area contributed by atoms with Gasteiger partial charge in [-0.25, -0.2) is 9.97 Å². The summed E-state index contributed by atoms with van der Waals surface area (Å²) in [6.45, 7) is 4.12. The Hall–Kier alpha value is -2.17. The Kier molecular flexibility index (Phi) is 3.41. The van der Waals surface area contributed by atoms with Gasteiger partial charge in [-0.3, -0.25) is 4.98 Å². The Labute approximate surface area is 106 Å².